The molecular formula is C22H33N5O3S. The molecule has 0 bridgehead atoms. The maximum atomic E-state index is 12.5. The second-order valence-corrected chi connectivity index (χ2v) is 11.0. The predicted molar refractivity (Wildman–Crippen MR) is 120 cm³/mol. The van der Waals surface area contributed by atoms with Gasteiger partial charge in [0.1, 0.15) is 5.82 Å². The molecule has 1 saturated heterocycles. The summed E-state index contributed by atoms with van der Waals surface area (Å²) in [5.74, 6) is 0.881. The highest BCUT2D eigenvalue weighted by Crippen LogP contribution is 2.29. The van der Waals surface area contributed by atoms with Crippen LogP contribution in [0.5, 0.6) is 0 Å². The number of sulfonamides is 1. The van der Waals surface area contributed by atoms with Gasteiger partial charge in [-0.1, -0.05) is 0 Å². The van der Waals surface area contributed by atoms with Crippen LogP contribution < -0.4 is 5.32 Å². The quantitative estimate of drug-likeness (QED) is 0.669. The van der Waals surface area contributed by atoms with Gasteiger partial charge >= 0.3 is 0 Å². The lowest BCUT2D eigenvalue weighted by atomic mass is 10.0. The van der Waals surface area contributed by atoms with Gasteiger partial charge in [0.2, 0.25) is 15.9 Å². The van der Waals surface area contributed by atoms with Crippen LogP contribution >= 0.6 is 0 Å². The van der Waals surface area contributed by atoms with Gasteiger partial charge in [0.15, 0.2) is 0 Å². The van der Waals surface area contributed by atoms with Crippen molar-refractivity contribution in [1.29, 1.82) is 0 Å². The Bertz CT molecular complexity index is 1050. The molecule has 9 heteroatoms. The predicted octanol–water partition coefficient (Wildman–Crippen LogP) is 1.98. The summed E-state index contributed by atoms with van der Waals surface area (Å²) in [6, 6.07) is 6.11. The molecule has 2 aliphatic rings. The molecule has 0 radical (unpaired) electrons. The molecule has 1 amide bonds. The number of amides is 1. The first kappa shape index (κ1) is 22.2. The van der Waals surface area contributed by atoms with E-state index in [1.54, 1.807) is 18.2 Å². The zero-order valence-electron chi connectivity index (χ0n) is 18.7. The normalized spacial score (nSPS) is 18.7. The molecule has 0 spiro atoms. The van der Waals surface area contributed by atoms with E-state index >= 15 is 0 Å². The van der Waals surface area contributed by atoms with Gasteiger partial charge in [-0.25, -0.2) is 17.7 Å². The summed E-state index contributed by atoms with van der Waals surface area (Å²) >= 11 is 0. The maximum absolute atomic E-state index is 12.5. The highest BCUT2D eigenvalue weighted by molar-refractivity contribution is 7.89. The second kappa shape index (κ2) is 8.88. The number of rotatable bonds is 8. The summed E-state index contributed by atoms with van der Waals surface area (Å²) in [4.78, 5) is 20.0. The topological polar surface area (TPSA) is 87.5 Å². The number of fused-ring (bicyclic) bond motifs is 1. The molecule has 1 aliphatic heterocycles. The van der Waals surface area contributed by atoms with Gasteiger partial charge < -0.3 is 14.8 Å². The van der Waals surface area contributed by atoms with E-state index in [4.69, 9.17) is 0 Å². The van der Waals surface area contributed by atoms with E-state index in [0.29, 0.717) is 24.9 Å². The summed E-state index contributed by atoms with van der Waals surface area (Å²) in [5.41, 5.74) is 1.54. The molecule has 1 N–H and O–H groups in total. The largest absolute Gasteiger partial charge is 0.353 e. The molecule has 1 aromatic carbocycles. The van der Waals surface area contributed by atoms with E-state index in [2.05, 4.69) is 19.8 Å². The van der Waals surface area contributed by atoms with Gasteiger partial charge in [-0.3, -0.25) is 4.79 Å². The van der Waals surface area contributed by atoms with Gasteiger partial charge in [0.05, 0.1) is 15.9 Å². The molecule has 4 rings (SSSR count). The Labute approximate surface area is 184 Å². The van der Waals surface area contributed by atoms with Crippen molar-refractivity contribution in [1.82, 2.24) is 24.1 Å². The average molecular weight is 448 g/mol. The van der Waals surface area contributed by atoms with E-state index in [1.807, 2.05) is 6.92 Å². The van der Waals surface area contributed by atoms with Crippen LogP contribution in [0.4, 0.5) is 0 Å². The Morgan fingerprint density at radius 2 is 1.90 bits per heavy atom. The molecule has 2 heterocycles. The molecule has 1 aliphatic carbocycles. The van der Waals surface area contributed by atoms with Crippen LogP contribution in [0.3, 0.4) is 0 Å². The molecule has 0 atom stereocenters. The van der Waals surface area contributed by atoms with Crippen molar-refractivity contribution in [2.24, 2.45) is 0 Å². The van der Waals surface area contributed by atoms with Gasteiger partial charge in [-0.05, 0) is 50.8 Å². The van der Waals surface area contributed by atoms with Gasteiger partial charge in [0, 0.05) is 58.7 Å². The zero-order chi connectivity index (χ0) is 22.2. The molecule has 170 valence electrons. The Morgan fingerprint density at radius 1 is 1.19 bits per heavy atom. The number of aryl methyl sites for hydroxylation is 2. The van der Waals surface area contributed by atoms with E-state index in [-0.39, 0.29) is 16.8 Å². The lowest BCUT2D eigenvalue weighted by molar-refractivity contribution is -0.122. The standard InChI is InChI=1S/C22H33N5O3S/c1-4-27-20-8-7-18(31(29,30)25(2)3)15-19(20)24-21(27)9-10-22(28)23-16-11-13-26(14-12-16)17-5-6-17/h7-8,15-17H,4-6,9-14H2,1-3H3,(H,23,28). The molecule has 0 unspecified atom stereocenters. The Balaban J connectivity index is 1.40. The monoisotopic (exact) mass is 447 g/mol. The number of carbonyl (C=O) groups excluding carboxylic acids is 1. The summed E-state index contributed by atoms with van der Waals surface area (Å²) in [6.07, 6.45) is 5.63. The number of nitrogens with one attached hydrogen (secondary N) is 1. The summed E-state index contributed by atoms with van der Waals surface area (Å²) in [7, 11) is -0.474. The highest BCUT2D eigenvalue weighted by Gasteiger charge is 2.32. The smallest absolute Gasteiger partial charge is 0.242 e. The fourth-order valence-corrected chi connectivity index (χ4v) is 5.37. The fourth-order valence-electron chi connectivity index (χ4n) is 4.45. The van der Waals surface area contributed by atoms with Gasteiger partial charge in [-0.2, -0.15) is 0 Å². The van der Waals surface area contributed by atoms with Crippen LogP contribution in [0, 0.1) is 0 Å². The summed E-state index contributed by atoms with van der Waals surface area (Å²) in [6.45, 7) is 4.91. The van der Waals surface area contributed by atoms with Crippen molar-refractivity contribution in [2.45, 2.75) is 69.0 Å². The van der Waals surface area contributed by atoms with Crippen LogP contribution in [0.2, 0.25) is 0 Å². The van der Waals surface area contributed by atoms with E-state index in [9.17, 15) is 13.2 Å². The van der Waals surface area contributed by atoms with Crippen molar-refractivity contribution in [2.75, 3.05) is 27.2 Å². The zero-order valence-corrected chi connectivity index (χ0v) is 19.5. The lowest BCUT2D eigenvalue weighted by Gasteiger charge is -2.32. The minimum atomic E-state index is -3.51. The van der Waals surface area contributed by atoms with E-state index < -0.39 is 10.0 Å². The average Bonchev–Trinajstić information content (AvgIpc) is 3.53. The van der Waals surface area contributed by atoms with Crippen molar-refractivity contribution < 1.29 is 13.2 Å². The molecule has 31 heavy (non-hydrogen) atoms. The number of hydrogen-bond acceptors (Lipinski definition) is 5. The van der Waals surface area contributed by atoms with Crippen LogP contribution in [-0.4, -0.2) is 72.3 Å². The van der Waals surface area contributed by atoms with Crippen LogP contribution in [0.25, 0.3) is 11.0 Å². The number of likely N-dealkylation sites (tertiary alicyclic amines) is 1. The van der Waals surface area contributed by atoms with Crippen molar-refractivity contribution in [3.8, 4) is 0 Å². The van der Waals surface area contributed by atoms with Crippen LogP contribution in [0.15, 0.2) is 23.1 Å². The third kappa shape index (κ3) is 4.78. The molecule has 8 nitrogen and oxygen atoms in total. The number of nitrogens with zero attached hydrogens (tertiary/aromatic N) is 4. The lowest BCUT2D eigenvalue weighted by Crippen LogP contribution is -2.45. The third-order valence-corrected chi connectivity index (χ3v) is 8.24. The number of carbonyl (C=O) groups is 1. The first-order valence-corrected chi connectivity index (χ1v) is 12.7. The highest BCUT2D eigenvalue weighted by atomic mass is 32.2. The first-order chi connectivity index (χ1) is 14.8. The molecule has 1 saturated carbocycles. The number of aromatic nitrogens is 2. The Hall–Kier alpha value is -1.97. The van der Waals surface area contributed by atoms with Crippen LogP contribution in [0.1, 0.15) is 44.9 Å². The van der Waals surface area contributed by atoms with Crippen molar-refractivity contribution >= 4 is 27.0 Å². The van der Waals surface area contributed by atoms with E-state index in [0.717, 1.165) is 43.3 Å². The summed E-state index contributed by atoms with van der Waals surface area (Å²) < 4.78 is 28.1. The molecule has 2 aromatic rings. The summed E-state index contributed by atoms with van der Waals surface area (Å²) in [5, 5.41) is 3.19. The SMILES string of the molecule is CCn1c(CCC(=O)NC2CCN(C3CC3)CC2)nc2cc(S(=O)(=O)N(C)C)ccc21. The van der Waals surface area contributed by atoms with Crippen molar-refractivity contribution in [3.05, 3.63) is 24.0 Å². The van der Waals surface area contributed by atoms with Crippen molar-refractivity contribution in [3.63, 3.8) is 0 Å². The maximum Gasteiger partial charge on any atom is 0.242 e. The van der Waals surface area contributed by atoms with Gasteiger partial charge in [-0.15, -0.1) is 0 Å². The molecule has 2 fully saturated rings. The minimum Gasteiger partial charge on any atom is -0.353 e. The Morgan fingerprint density at radius 3 is 2.52 bits per heavy atom. The Kier molecular flexibility index (Phi) is 6.37. The fraction of sp³-hybridized carbons (Fsp3) is 0.636. The molecular weight excluding hydrogens is 414 g/mol. The third-order valence-electron chi connectivity index (χ3n) is 6.43. The number of imidazole rings is 1. The van der Waals surface area contributed by atoms with Gasteiger partial charge in [0.25, 0.3) is 0 Å². The second-order valence-electron chi connectivity index (χ2n) is 8.82. The van der Waals surface area contributed by atoms with Crippen LogP contribution in [-0.2, 0) is 27.8 Å². The molecule has 1 aromatic heterocycles. The number of piperidine rings is 1. The minimum absolute atomic E-state index is 0.0652. The van der Waals surface area contributed by atoms with E-state index in [1.165, 1.54) is 31.2 Å². The number of hydrogen-bond donors (Lipinski definition) is 1. The first-order valence-electron chi connectivity index (χ1n) is 11.2. The number of benzene rings is 1.